The highest BCUT2D eigenvalue weighted by Crippen LogP contribution is 2.25. The minimum atomic E-state index is -3.16. The summed E-state index contributed by atoms with van der Waals surface area (Å²) in [7, 11) is -3.16. The zero-order chi connectivity index (χ0) is 16.7. The van der Waals surface area contributed by atoms with E-state index >= 15 is 0 Å². The third kappa shape index (κ3) is 2.50. The van der Waals surface area contributed by atoms with Crippen molar-refractivity contribution in [2.24, 2.45) is 0 Å². The van der Waals surface area contributed by atoms with Gasteiger partial charge in [-0.3, -0.25) is 9.10 Å². The third-order valence-electron chi connectivity index (χ3n) is 3.92. The van der Waals surface area contributed by atoms with Crippen LogP contribution >= 0.6 is 0 Å². The Balaban J connectivity index is 1.51. The summed E-state index contributed by atoms with van der Waals surface area (Å²) in [5, 5.41) is 7.32. The summed E-state index contributed by atoms with van der Waals surface area (Å²) in [6.45, 7) is 0.477. The van der Waals surface area contributed by atoms with Crippen molar-refractivity contribution in [2.75, 3.05) is 21.9 Å². The standard InChI is InChI=1S/C16H13N3O4S/c20-16(18-13-4-1-12-10-17-23-15(12)9-13)11-2-5-14(6-3-11)19-7-8-24(19,21)22/h1-6,9-10H,7-8H2,(H,18,20). The van der Waals surface area contributed by atoms with Gasteiger partial charge in [-0.15, -0.1) is 0 Å². The average molecular weight is 343 g/mol. The van der Waals surface area contributed by atoms with E-state index in [0.29, 0.717) is 29.1 Å². The van der Waals surface area contributed by atoms with Crippen LogP contribution in [-0.4, -0.2) is 31.8 Å². The molecule has 0 saturated carbocycles. The van der Waals surface area contributed by atoms with Gasteiger partial charge < -0.3 is 9.84 Å². The smallest absolute Gasteiger partial charge is 0.255 e. The second-order valence-corrected chi connectivity index (χ2v) is 7.48. The fraction of sp³-hybridized carbons (Fsp3) is 0.125. The fourth-order valence-corrected chi connectivity index (χ4v) is 3.65. The average Bonchev–Trinajstić information content (AvgIpc) is 3.02. The first kappa shape index (κ1) is 14.7. The Morgan fingerprint density at radius 1 is 1.17 bits per heavy atom. The molecule has 7 nitrogen and oxygen atoms in total. The SMILES string of the molecule is O=C(Nc1ccc2cnoc2c1)c1ccc(N2CCS2(=O)=O)cc1. The molecule has 3 aromatic rings. The van der Waals surface area contributed by atoms with Gasteiger partial charge in [0.2, 0.25) is 10.0 Å². The lowest BCUT2D eigenvalue weighted by Crippen LogP contribution is -2.47. The lowest BCUT2D eigenvalue weighted by molar-refractivity contribution is 0.102. The van der Waals surface area contributed by atoms with E-state index in [9.17, 15) is 13.2 Å². The summed E-state index contributed by atoms with van der Waals surface area (Å²) in [6, 6.07) is 11.7. The molecule has 1 fully saturated rings. The Kier molecular flexibility index (Phi) is 3.27. The van der Waals surface area contributed by atoms with Gasteiger partial charge in [-0.25, -0.2) is 8.42 Å². The number of rotatable bonds is 3. The molecule has 1 amide bonds. The third-order valence-corrected chi connectivity index (χ3v) is 5.68. The number of sulfonamides is 1. The summed E-state index contributed by atoms with van der Waals surface area (Å²) in [5.74, 6) is -0.119. The Morgan fingerprint density at radius 3 is 2.62 bits per heavy atom. The Bertz CT molecular complexity index is 1020. The summed E-state index contributed by atoms with van der Waals surface area (Å²) in [6.07, 6.45) is 1.60. The van der Waals surface area contributed by atoms with E-state index in [0.717, 1.165) is 5.39 Å². The first-order valence-electron chi connectivity index (χ1n) is 7.29. The van der Waals surface area contributed by atoms with E-state index in [2.05, 4.69) is 10.5 Å². The van der Waals surface area contributed by atoms with E-state index in [1.807, 2.05) is 0 Å². The normalized spacial score (nSPS) is 15.9. The first-order valence-corrected chi connectivity index (χ1v) is 8.90. The molecule has 2 heterocycles. The van der Waals surface area contributed by atoms with Crippen molar-refractivity contribution in [1.29, 1.82) is 0 Å². The molecule has 0 radical (unpaired) electrons. The molecule has 4 rings (SSSR count). The summed E-state index contributed by atoms with van der Waals surface area (Å²) in [4.78, 5) is 12.3. The van der Waals surface area contributed by atoms with Crippen LogP contribution in [0, 0.1) is 0 Å². The monoisotopic (exact) mass is 343 g/mol. The number of fused-ring (bicyclic) bond motifs is 1. The lowest BCUT2D eigenvalue weighted by Gasteiger charge is -2.32. The van der Waals surface area contributed by atoms with E-state index in [4.69, 9.17) is 4.52 Å². The van der Waals surface area contributed by atoms with Crippen molar-refractivity contribution in [3.63, 3.8) is 0 Å². The number of carbonyl (C=O) groups is 1. The maximum Gasteiger partial charge on any atom is 0.255 e. The van der Waals surface area contributed by atoms with Crippen molar-refractivity contribution in [3.05, 3.63) is 54.2 Å². The van der Waals surface area contributed by atoms with Gasteiger partial charge in [0.1, 0.15) is 0 Å². The second kappa shape index (κ2) is 5.34. The number of nitrogens with one attached hydrogen (secondary N) is 1. The number of nitrogens with zero attached hydrogens (tertiary/aromatic N) is 2. The molecule has 24 heavy (non-hydrogen) atoms. The molecule has 0 atom stereocenters. The van der Waals surface area contributed by atoms with Crippen molar-refractivity contribution in [2.45, 2.75) is 0 Å². The molecule has 0 bridgehead atoms. The topological polar surface area (TPSA) is 92.5 Å². The van der Waals surface area contributed by atoms with Crippen LogP contribution in [0.4, 0.5) is 11.4 Å². The van der Waals surface area contributed by atoms with Gasteiger partial charge in [0, 0.05) is 29.2 Å². The molecule has 1 saturated heterocycles. The van der Waals surface area contributed by atoms with Crippen LogP contribution in [0.2, 0.25) is 0 Å². The van der Waals surface area contributed by atoms with Crippen LogP contribution in [-0.2, 0) is 10.0 Å². The molecule has 0 spiro atoms. The molecule has 1 N–H and O–H groups in total. The summed E-state index contributed by atoms with van der Waals surface area (Å²) >= 11 is 0. The van der Waals surface area contributed by atoms with Gasteiger partial charge >= 0.3 is 0 Å². The molecule has 1 aliphatic rings. The minimum Gasteiger partial charge on any atom is -0.356 e. The quantitative estimate of drug-likeness (QED) is 0.787. The van der Waals surface area contributed by atoms with Crippen LogP contribution in [0.1, 0.15) is 10.4 Å². The fourth-order valence-electron chi connectivity index (χ4n) is 2.54. The van der Waals surface area contributed by atoms with E-state index < -0.39 is 10.0 Å². The molecule has 1 aliphatic heterocycles. The minimum absolute atomic E-state index is 0.166. The molecule has 0 aliphatic carbocycles. The molecule has 122 valence electrons. The van der Waals surface area contributed by atoms with Crippen LogP contribution < -0.4 is 9.62 Å². The van der Waals surface area contributed by atoms with Crippen LogP contribution in [0.3, 0.4) is 0 Å². The van der Waals surface area contributed by atoms with E-state index in [1.165, 1.54) is 4.31 Å². The predicted octanol–water partition coefficient (Wildman–Crippen LogP) is 2.23. The summed E-state index contributed by atoms with van der Waals surface area (Å²) < 4.78 is 29.6. The molecule has 0 unspecified atom stereocenters. The van der Waals surface area contributed by atoms with Crippen LogP contribution in [0.25, 0.3) is 11.0 Å². The van der Waals surface area contributed by atoms with Gasteiger partial charge in [-0.2, -0.15) is 0 Å². The number of anilines is 2. The number of hydrogen-bond acceptors (Lipinski definition) is 5. The Morgan fingerprint density at radius 2 is 1.96 bits per heavy atom. The highest BCUT2D eigenvalue weighted by molar-refractivity contribution is 7.94. The zero-order valence-electron chi connectivity index (χ0n) is 12.5. The molecule has 2 aromatic carbocycles. The Labute approximate surface area is 137 Å². The number of hydrogen-bond donors (Lipinski definition) is 1. The van der Waals surface area contributed by atoms with Gasteiger partial charge in [-0.1, -0.05) is 5.16 Å². The first-order chi connectivity index (χ1) is 11.5. The van der Waals surface area contributed by atoms with E-state index in [-0.39, 0.29) is 11.7 Å². The highest BCUT2D eigenvalue weighted by atomic mass is 32.2. The maximum atomic E-state index is 12.3. The Hall–Kier alpha value is -2.87. The predicted molar refractivity (Wildman–Crippen MR) is 89.5 cm³/mol. The van der Waals surface area contributed by atoms with Crippen molar-refractivity contribution >= 4 is 38.3 Å². The van der Waals surface area contributed by atoms with Gasteiger partial charge in [0.25, 0.3) is 5.91 Å². The lowest BCUT2D eigenvalue weighted by atomic mass is 10.2. The molecular weight excluding hydrogens is 330 g/mol. The van der Waals surface area contributed by atoms with Crippen LogP contribution in [0.5, 0.6) is 0 Å². The number of carbonyl (C=O) groups excluding carboxylic acids is 1. The van der Waals surface area contributed by atoms with Crippen molar-refractivity contribution in [1.82, 2.24) is 5.16 Å². The van der Waals surface area contributed by atoms with Crippen LogP contribution in [0.15, 0.2) is 53.2 Å². The van der Waals surface area contributed by atoms with Gasteiger partial charge in [0.05, 0.1) is 17.6 Å². The van der Waals surface area contributed by atoms with Crippen molar-refractivity contribution in [3.8, 4) is 0 Å². The second-order valence-electron chi connectivity index (χ2n) is 5.47. The highest BCUT2D eigenvalue weighted by Gasteiger charge is 2.32. The van der Waals surface area contributed by atoms with E-state index in [1.54, 1.807) is 48.7 Å². The van der Waals surface area contributed by atoms with Crippen molar-refractivity contribution < 1.29 is 17.7 Å². The number of amides is 1. The zero-order valence-corrected chi connectivity index (χ0v) is 13.3. The van der Waals surface area contributed by atoms with Gasteiger partial charge in [0.15, 0.2) is 5.58 Å². The van der Waals surface area contributed by atoms with Gasteiger partial charge in [-0.05, 0) is 36.4 Å². The number of benzene rings is 2. The molecule has 1 aromatic heterocycles. The summed E-state index contributed by atoms with van der Waals surface area (Å²) in [5.41, 5.74) is 2.19. The largest absolute Gasteiger partial charge is 0.356 e. The molecule has 8 heteroatoms. The number of aromatic nitrogens is 1. The molecular formula is C16H13N3O4S. The maximum absolute atomic E-state index is 12.3.